The first-order valence-electron chi connectivity index (χ1n) is 4.88. The summed E-state index contributed by atoms with van der Waals surface area (Å²) in [5.41, 5.74) is 5.61. The van der Waals surface area contributed by atoms with Gasteiger partial charge >= 0.3 is 0 Å². The Morgan fingerprint density at radius 3 is 2.80 bits per heavy atom. The fourth-order valence-electron chi connectivity index (χ4n) is 1.03. The molecule has 15 heavy (non-hydrogen) atoms. The number of aromatic nitrogens is 3. The Hall–Kier alpha value is -1.43. The van der Waals surface area contributed by atoms with Crippen LogP contribution < -0.4 is 11.1 Å². The van der Waals surface area contributed by atoms with Crippen molar-refractivity contribution < 1.29 is 4.79 Å². The molecule has 6 nitrogen and oxygen atoms in total. The van der Waals surface area contributed by atoms with Gasteiger partial charge in [-0.25, -0.2) is 4.98 Å². The van der Waals surface area contributed by atoms with Crippen LogP contribution >= 0.6 is 0 Å². The molecule has 0 spiro atoms. The topological polar surface area (TPSA) is 85.8 Å². The molecule has 1 amide bonds. The van der Waals surface area contributed by atoms with E-state index in [1.54, 1.807) is 25.0 Å². The monoisotopic (exact) mass is 211 g/mol. The zero-order valence-corrected chi connectivity index (χ0v) is 9.27. The van der Waals surface area contributed by atoms with Gasteiger partial charge in [0.2, 0.25) is 5.91 Å². The summed E-state index contributed by atoms with van der Waals surface area (Å²) < 4.78 is 1.59. The molecule has 6 heteroatoms. The van der Waals surface area contributed by atoms with Crippen LogP contribution in [0.15, 0.2) is 6.33 Å². The first-order chi connectivity index (χ1) is 7.00. The smallest absolute Gasteiger partial charge is 0.224 e. The predicted molar refractivity (Wildman–Crippen MR) is 55.7 cm³/mol. The van der Waals surface area contributed by atoms with E-state index >= 15 is 0 Å². The average molecular weight is 211 g/mol. The summed E-state index contributed by atoms with van der Waals surface area (Å²) in [6.07, 6.45) is 1.59. The van der Waals surface area contributed by atoms with Crippen molar-refractivity contribution >= 4 is 5.91 Å². The standard InChI is InChI=1S/C9H17N5O/c1-6(7(2)10)9(15)11-4-8-12-5-14(3)13-8/h5-7H,4,10H2,1-3H3,(H,11,15). The number of amides is 1. The zero-order valence-electron chi connectivity index (χ0n) is 9.27. The van der Waals surface area contributed by atoms with E-state index in [0.29, 0.717) is 12.4 Å². The second-order valence-corrected chi connectivity index (χ2v) is 3.70. The molecule has 0 aromatic carbocycles. The molecule has 0 aliphatic rings. The third-order valence-electron chi connectivity index (χ3n) is 2.27. The first-order valence-corrected chi connectivity index (χ1v) is 4.88. The maximum atomic E-state index is 11.5. The number of aryl methyl sites for hydroxylation is 1. The third kappa shape index (κ3) is 3.32. The molecule has 2 unspecified atom stereocenters. The third-order valence-corrected chi connectivity index (χ3v) is 2.27. The van der Waals surface area contributed by atoms with Crippen molar-refractivity contribution in [3.8, 4) is 0 Å². The zero-order chi connectivity index (χ0) is 11.4. The van der Waals surface area contributed by atoms with Crippen LogP contribution in [-0.2, 0) is 18.4 Å². The summed E-state index contributed by atoms with van der Waals surface area (Å²) in [5, 5.41) is 6.78. The van der Waals surface area contributed by atoms with Gasteiger partial charge in [0.05, 0.1) is 6.54 Å². The number of carbonyl (C=O) groups is 1. The Bertz CT molecular complexity index is 333. The summed E-state index contributed by atoms with van der Waals surface area (Å²) in [7, 11) is 1.78. The fourth-order valence-corrected chi connectivity index (χ4v) is 1.03. The van der Waals surface area contributed by atoms with E-state index in [9.17, 15) is 4.79 Å². The maximum Gasteiger partial charge on any atom is 0.224 e. The number of hydrogen-bond acceptors (Lipinski definition) is 4. The van der Waals surface area contributed by atoms with Crippen LogP contribution in [-0.4, -0.2) is 26.7 Å². The molecule has 0 aliphatic carbocycles. The van der Waals surface area contributed by atoms with Gasteiger partial charge < -0.3 is 11.1 Å². The molecule has 0 aliphatic heterocycles. The summed E-state index contributed by atoms with van der Waals surface area (Å²) in [5.74, 6) is 0.328. The van der Waals surface area contributed by atoms with Gasteiger partial charge in [0.15, 0.2) is 5.82 Å². The van der Waals surface area contributed by atoms with Crippen LogP contribution in [0.4, 0.5) is 0 Å². The maximum absolute atomic E-state index is 11.5. The minimum atomic E-state index is -0.200. The average Bonchev–Trinajstić information content (AvgIpc) is 2.59. The van der Waals surface area contributed by atoms with Crippen LogP contribution in [0.3, 0.4) is 0 Å². The van der Waals surface area contributed by atoms with E-state index in [1.165, 1.54) is 0 Å². The molecule has 0 bridgehead atoms. The number of rotatable bonds is 4. The molecule has 1 aromatic heterocycles. The van der Waals surface area contributed by atoms with Crippen LogP contribution in [0.5, 0.6) is 0 Å². The summed E-state index contributed by atoms with van der Waals surface area (Å²) in [4.78, 5) is 15.5. The molecule has 0 radical (unpaired) electrons. The van der Waals surface area contributed by atoms with Gasteiger partial charge in [0.1, 0.15) is 6.33 Å². The van der Waals surface area contributed by atoms with Gasteiger partial charge in [0.25, 0.3) is 0 Å². The summed E-state index contributed by atoms with van der Waals surface area (Å²) >= 11 is 0. The van der Waals surface area contributed by atoms with Gasteiger partial charge in [-0.1, -0.05) is 6.92 Å². The van der Waals surface area contributed by atoms with E-state index in [0.717, 1.165) is 0 Å². The highest BCUT2D eigenvalue weighted by atomic mass is 16.1. The molecular weight excluding hydrogens is 194 g/mol. The lowest BCUT2D eigenvalue weighted by Crippen LogP contribution is -2.38. The number of nitrogens with one attached hydrogen (secondary N) is 1. The normalized spacial score (nSPS) is 14.7. The largest absolute Gasteiger partial charge is 0.348 e. The highest BCUT2D eigenvalue weighted by Crippen LogP contribution is 1.99. The van der Waals surface area contributed by atoms with Crippen molar-refractivity contribution in [2.24, 2.45) is 18.7 Å². The molecule has 1 aromatic rings. The van der Waals surface area contributed by atoms with E-state index < -0.39 is 0 Å². The van der Waals surface area contributed by atoms with Gasteiger partial charge in [-0.15, -0.1) is 0 Å². The Balaban J connectivity index is 2.40. The van der Waals surface area contributed by atoms with Crippen molar-refractivity contribution in [3.05, 3.63) is 12.2 Å². The minimum Gasteiger partial charge on any atom is -0.348 e. The van der Waals surface area contributed by atoms with Crippen LogP contribution in [0.2, 0.25) is 0 Å². The van der Waals surface area contributed by atoms with Crippen molar-refractivity contribution in [1.82, 2.24) is 20.1 Å². The molecule has 2 atom stereocenters. The van der Waals surface area contributed by atoms with E-state index in [-0.39, 0.29) is 17.9 Å². The Morgan fingerprint density at radius 2 is 2.33 bits per heavy atom. The SMILES string of the molecule is CC(N)C(C)C(=O)NCc1ncn(C)n1. The van der Waals surface area contributed by atoms with Crippen molar-refractivity contribution in [2.75, 3.05) is 0 Å². The summed E-state index contributed by atoms with van der Waals surface area (Å²) in [6, 6.07) is -0.151. The molecule has 0 saturated carbocycles. The fraction of sp³-hybridized carbons (Fsp3) is 0.667. The Morgan fingerprint density at radius 1 is 1.67 bits per heavy atom. The molecule has 84 valence electrons. The lowest BCUT2D eigenvalue weighted by molar-refractivity contribution is -0.125. The number of hydrogen-bond donors (Lipinski definition) is 2. The minimum absolute atomic E-state index is 0.0718. The molecular formula is C9H17N5O. The van der Waals surface area contributed by atoms with Crippen LogP contribution in [0, 0.1) is 5.92 Å². The Labute approximate surface area is 88.9 Å². The van der Waals surface area contributed by atoms with Gasteiger partial charge in [0, 0.05) is 19.0 Å². The lowest BCUT2D eigenvalue weighted by Gasteiger charge is -2.14. The van der Waals surface area contributed by atoms with Crippen molar-refractivity contribution in [1.29, 1.82) is 0 Å². The molecule has 0 saturated heterocycles. The Kier molecular flexibility index (Phi) is 3.79. The predicted octanol–water partition coefficient (Wildman–Crippen LogP) is -0.585. The molecule has 1 rings (SSSR count). The molecule has 1 heterocycles. The van der Waals surface area contributed by atoms with E-state index in [4.69, 9.17) is 5.73 Å². The van der Waals surface area contributed by atoms with Crippen molar-refractivity contribution in [3.63, 3.8) is 0 Å². The number of nitrogens with zero attached hydrogens (tertiary/aromatic N) is 3. The lowest BCUT2D eigenvalue weighted by atomic mass is 10.0. The molecule has 0 fully saturated rings. The number of nitrogens with two attached hydrogens (primary N) is 1. The van der Waals surface area contributed by atoms with E-state index in [1.807, 2.05) is 6.92 Å². The summed E-state index contributed by atoms with van der Waals surface area (Å²) in [6.45, 7) is 3.95. The second kappa shape index (κ2) is 4.88. The van der Waals surface area contributed by atoms with E-state index in [2.05, 4.69) is 15.4 Å². The highest BCUT2D eigenvalue weighted by Gasteiger charge is 2.16. The van der Waals surface area contributed by atoms with Gasteiger partial charge in [-0.05, 0) is 6.92 Å². The molecule has 3 N–H and O–H groups in total. The highest BCUT2D eigenvalue weighted by molar-refractivity contribution is 5.78. The van der Waals surface area contributed by atoms with Gasteiger partial charge in [-0.2, -0.15) is 5.10 Å². The first kappa shape index (κ1) is 11.6. The van der Waals surface area contributed by atoms with Crippen LogP contribution in [0.1, 0.15) is 19.7 Å². The quantitative estimate of drug-likeness (QED) is 0.697. The van der Waals surface area contributed by atoms with Gasteiger partial charge in [-0.3, -0.25) is 9.48 Å². The number of carbonyl (C=O) groups excluding carboxylic acids is 1. The van der Waals surface area contributed by atoms with Crippen LogP contribution in [0.25, 0.3) is 0 Å². The second-order valence-electron chi connectivity index (χ2n) is 3.70. The van der Waals surface area contributed by atoms with Crippen molar-refractivity contribution in [2.45, 2.75) is 26.4 Å².